The summed E-state index contributed by atoms with van der Waals surface area (Å²) in [5.74, 6) is 0. The summed E-state index contributed by atoms with van der Waals surface area (Å²) in [5.41, 5.74) is 0. The second-order valence-electron chi connectivity index (χ2n) is 4.75. The quantitative estimate of drug-likeness (QED) is 0.258. The molecule has 2 unspecified atom stereocenters. The lowest BCUT2D eigenvalue weighted by Crippen LogP contribution is -2.00. The molecule has 20 heavy (non-hydrogen) atoms. The molecule has 0 saturated carbocycles. The first-order valence-electron chi connectivity index (χ1n) is 7.52. The molecule has 2 atom stereocenters. The van der Waals surface area contributed by atoms with Crippen LogP contribution in [0.5, 0.6) is 0 Å². The van der Waals surface area contributed by atoms with Gasteiger partial charge >= 0.3 is 0 Å². The molecular weight excluding hydrogens is 248 g/mol. The van der Waals surface area contributed by atoms with Gasteiger partial charge in [0.15, 0.2) is 0 Å². The Morgan fingerprint density at radius 1 is 0.900 bits per heavy atom. The van der Waals surface area contributed by atoms with Crippen LogP contribution in [0.15, 0.2) is 48.6 Å². The number of unbranched alkanes of at least 4 members (excludes halogenated alkanes) is 2. The van der Waals surface area contributed by atoms with Gasteiger partial charge in [0, 0.05) is 0 Å². The number of allylic oxidation sites excluding steroid dienone is 5. The van der Waals surface area contributed by atoms with Crippen molar-refractivity contribution in [3.63, 3.8) is 0 Å². The SMILES string of the molecule is [CH2-]CCCCC(O)\C=C/C=C\C=C\C(O)C/C=C\CC. The maximum Gasteiger partial charge on any atom is 0.0758 e. The Kier molecular flexibility index (Phi) is 13.5. The molecule has 0 fully saturated rings. The Balaban J connectivity index is 3.80. The highest BCUT2D eigenvalue weighted by Gasteiger charge is 1.95. The lowest BCUT2D eigenvalue weighted by atomic mass is 10.1. The summed E-state index contributed by atoms with van der Waals surface area (Å²) in [6.07, 6.45) is 19.6. The van der Waals surface area contributed by atoms with E-state index in [4.69, 9.17) is 0 Å². The molecule has 2 nitrogen and oxygen atoms in total. The highest BCUT2D eigenvalue weighted by Crippen LogP contribution is 2.04. The Hall–Kier alpha value is -1.12. The van der Waals surface area contributed by atoms with Crippen molar-refractivity contribution in [2.24, 2.45) is 0 Å². The van der Waals surface area contributed by atoms with Crippen LogP contribution in [-0.2, 0) is 0 Å². The van der Waals surface area contributed by atoms with Crippen molar-refractivity contribution in [3.8, 4) is 0 Å². The normalized spacial score (nSPS) is 16.0. The molecule has 0 aromatic heterocycles. The highest BCUT2D eigenvalue weighted by molar-refractivity contribution is 5.13. The van der Waals surface area contributed by atoms with Gasteiger partial charge in [0.2, 0.25) is 0 Å². The predicted molar refractivity (Wildman–Crippen MR) is 87.3 cm³/mol. The minimum absolute atomic E-state index is 0.375. The minimum atomic E-state index is -0.431. The third-order valence-electron chi connectivity index (χ3n) is 2.78. The van der Waals surface area contributed by atoms with Crippen LogP contribution in [0.3, 0.4) is 0 Å². The summed E-state index contributed by atoms with van der Waals surface area (Å²) in [5, 5.41) is 19.2. The van der Waals surface area contributed by atoms with Gasteiger partial charge in [-0.3, -0.25) is 0 Å². The molecule has 0 heterocycles. The summed E-state index contributed by atoms with van der Waals surface area (Å²) in [6, 6.07) is 0. The van der Waals surface area contributed by atoms with Crippen LogP contribution in [0.2, 0.25) is 0 Å². The highest BCUT2D eigenvalue weighted by atomic mass is 16.3. The minimum Gasteiger partial charge on any atom is -0.389 e. The van der Waals surface area contributed by atoms with Crippen molar-refractivity contribution >= 4 is 0 Å². The molecule has 0 aromatic carbocycles. The Morgan fingerprint density at radius 3 is 2.15 bits per heavy atom. The van der Waals surface area contributed by atoms with E-state index in [9.17, 15) is 10.2 Å². The van der Waals surface area contributed by atoms with Crippen LogP contribution in [0, 0.1) is 6.92 Å². The fourth-order valence-corrected chi connectivity index (χ4v) is 1.62. The lowest BCUT2D eigenvalue weighted by Gasteiger charge is -2.04. The average Bonchev–Trinajstić information content (AvgIpc) is 2.43. The summed E-state index contributed by atoms with van der Waals surface area (Å²) in [7, 11) is 0. The third kappa shape index (κ3) is 13.3. The summed E-state index contributed by atoms with van der Waals surface area (Å²) < 4.78 is 0. The van der Waals surface area contributed by atoms with E-state index in [2.05, 4.69) is 13.8 Å². The molecule has 0 radical (unpaired) electrons. The van der Waals surface area contributed by atoms with E-state index >= 15 is 0 Å². The molecule has 0 bridgehead atoms. The molecule has 0 spiro atoms. The summed E-state index contributed by atoms with van der Waals surface area (Å²) in [6.45, 7) is 5.84. The zero-order valence-electron chi connectivity index (χ0n) is 12.6. The van der Waals surface area contributed by atoms with Crippen molar-refractivity contribution < 1.29 is 10.2 Å². The fraction of sp³-hybridized carbons (Fsp3) is 0.500. The van der Waals surface area contributed by atoms with Crippen molar-refractivity contribution in [1.82, 2.24) is 0 Å². The van der Waals surface area contributed by atoms with Crippen LogP contribution >= 0.6 is 0 Å². The first-order valence-corrected chi connectivity index (χ1v) is 7.52. The van der Waals surface area contributed by atoms with Gasteiger partial charge in [-0.1, -0.05) is 68.4 Å². The molecule has 0 aliphatic rings. The Morgan fingerprint density at radius 2 is 1.55 bits per heavy atom. The van der Waals surface area contributed by atoms with E-state index in [0.29, 0.717) is 6.42 Å². The monoisotopic (exact) mass is 277 g/mol. The molecule has 0 aromatic rings. The number of hydrogen-bond donors (Lipinski definition) is 2. The number of aliphatic hydroxyl groups is 2. The van der Waals surface area contributed by atoms with Crippen molar-refractivity contribution in [2.45, 2.75) is 57.7 Å². The molecule has 0 amide bonds. The molecule has 2 heteroatoms. The molecule has 0 aliphatic heterocycles. The van der Waals surface area contributed by atoms with Crippen LogP contribution < -0.4 is 0 Å². The largest absolute Gasteiger partial charge is 0.389 e. The lowest BCUT2D eigenvalue weighted by molar-refractivity contribution is 0.208. The number of rotatable bonds is 11. The van der Waals surface area contributed by atoms with E-state index in [0.717, 1.165) is 32.1 Å². The Bertz CT molecular complexity index is 313. The van der Waals surface area contributed by atoms with E-state index in [1.54, 1.807) is 12.2 Å². The number of hydrogen-bond acceptors (Lipinski definition) is 2. The van der Waals surface area contributed by atoms with Gasteiger partial charge in [0.05, 0.1) is 12.2 Å². The average molecular weight is 277 g/mol. The molecule has 2 N–H and O–H groups in total. The van der Waals surface area contributed by atoms with E-state index < -0.39 is 6.10 Å². The summed E-state index contributed by atoms with van der Waals surface area (Å²) >= 11 is 0. The first-order chi connectivity index (χ1) is 9.70. The van der Waals surface area contributed by atoms with Crippen LogP contribution in [-0.4, -0.2) is 22.4 Å². The van der Waals surface area contributed by atoms with Crippen LogP contribution in [0.1, 0.15) is 45.4 Å². The number of aliphatic hydroxyl groups excluding tert-OH is 2. The molecular formula is C18H29O2-. The van der Waals surface area contributed by atoms with Gasteiger partial charge in [-0.2, -0.15) is 6.42 Å². The van der Waals surface area contributed by atoms with Crippen molar-refractivity contribution in [1.29, 1.82) is 0 Å². The topological polar surface area (TPSA) is 40.5 Å². The van der Waals surface area contributed by atoms with E-state index in [1.165, 1.54) is 0 Å². The van der Waals surface area contributed by atoms with Crippen molar-refractivity contribution in [3.05, 3.63) is 55.5 Å². The molecule has 0 saturated heterocycles. The predicted octanol–water partition coefficient (Wildman–Crippen LogP) is 4.13. The van der Waals surface area contributed by atoms with Gasteiger partial charge in [0.1, 0.15) is 0 Å². The van der Waals surface area contributed by atoms with Crippen molar-refractivity contribution in [2.75, 3.05) is 0 Å². The van der Waals surface area contributed by atoms with Gasteiger partial charge in [-0.25, -0.2) is 0 Å². The summed E-state index contributed by atoms with van der Waals surface area (Å²) in [4.78, 5) is 0. The Labute approximate surface area is 124 Å². The van der Waals surface area contributed by atoms with Gasteiger partial charge < -0.3 is 17.1 Å². The van der Waals surface area contributed by atoms with Gasteiger partial charge in [-0.15, -0.1) is 0 Å². The third-order valence-corrected chi connectivity index (χ3v) is 2.78. The zero-order chi connectivity index (χ0) is 15.1. The zero-order valence-corrected chi connectivity index (χ0v) is 12.6. The van der Waals surface area contributed by atoms with Gasteiger partial charge in [-0.05, 0) is 19.3 Å². The maximum absolute atomic E-state index is 9.63. The fourth-order valence-electron chi connectivity index (χ4n) is 1.62. The smallest absolute Gasteiger partial charge is 0.0758 e. The molecule has 114 valence electrons. The standard InChI is InChI=1S/C18H29O2/c1-3-5-9-13-17(19)15-11-7-8-12-16-18(20)14-10-6-4-2/h6-8,10-12,15-20H,1,3-5,9,13-14H2,2H3/q-1/b8-7-,10-6-,15-11-,16-12+. The maximum atomic E-state index is 9.63. The van der Waals surface area contributed by atoms with Crippen LogP contribution in [0.4, 0.5) is 0 Å². The first kappa shape index (κ1) is 18.9. The van der Waals surface area contributed by atoms with E-state index in [-0.39, 0.29) is 6.10 Å². The van der Waals surface area contributed by atoms with E-state index in [1.807, 2.05) is 36.5 Å². The van der Waals surface area contributed by atoms with Gasteiger partial charge in [0.25, 0.3) is 0 Å². The molecule has 0 rings (SSSR count). The van der Waals surface area contributed by atoms with Crippen LogP contribution in [0.25, 0.3) is 0 Å². The molecule has 0 aliphatic carbocycles. The second kappa shape index (κ2) is 14.3. The second-order valence-corrected chi connectivity index (χ2v) is 4.75.